The molecule has 1 aromatic rings. The SMILES string of the molecule is NC(=O)CONS(=O)(=O)c1ccc2c(c1)NC(=O)CO2. The molecule has 0 aliphatic carbocycles. The third kappa shape index (κ3) is 3.23. The van der Waals surface area contributed by atoms with Crippen molar-refractivity contribution in [2.75, 3.05) is 18.5 Å². The predicted molar refractivity (Wildman–Crippen MR) is 66.0 cm³/mol. The van der Waals surface area contributed by atoms with Gasteiger partial charge in [0, 0.05) is 0 Å². The van der Waals surface area contributed by atoms with Crippen molar-refractivity contribution in [3.63, 3.8) is 0 Å². The summed E-state index contributed by atoms with van der Waals surface area (Å²) in [5.74, 6) is -0.842. The van der Waals surface area contributed by atoms with Gasteiger partial charge >= 0.3 is 0 Å². The molecule has 0 saturated heterocycles. The maximum atomic E-state index is 11.8. The number of fused-ring (bicyclic) bond motifs is 1. The average molecular weight is 301 g/mol. The van der Waals surface area contributed by atoms with Crippen LogP contribution >= 0.6 is 0 Å². The van der Waals surface area contributed by atoms with Crippen molar-refractivity contribution in [1.29, 1.82) is 0 Å². The molecular formula is C10H11N3O6S. The summed E-state index contributed by atoms with van der Waals surface area (Å²) in [6, 6.07) is 3.88. The van der Waals surface area contributed by atoms with Gasteiger partial charge in [-0.3, -0.25) is 14.4 Å². The van der Waals surface area contributed by atoms with Crippen LogP contribution < -0.4 is 20.7 Å². The van der Waals surface area contributed by atoms with Crippen molar-refractivity contribution < 1.29 is 27.6 Å². The second-order valence-electron chi connectivity index (χ2n) is 3.84. The molecule has 0 radical (unpaired) electrons. The Balaban J connectivity index is 2.18. The molecule has 0 unspecified atom stereocenters. The Hall–Kier alpha value is -2.17. The Labute approximate surface area is 114 Å². The Morgan fingerprint density at radius 1 is 1.50 bits per heavy atom. The fraction of sp³-hybridized carbons (Fsp3) is 0.200. The highest BCUT2D eigenvalue weighted by Gasteiger charge is 2.21. The minimum absolute atomic E-state index is 0.126. The van der Waals surface area contributed by atoms with Gasteiger partial charge in [0.2, 0.25) is 5.91 Å². The number of nitrogens with one attached hydrogen (secondary N) is 2. The number of rotatable bonds is 5. The topological polar surface area (TPSA) is 137 Å². The van der Waals surface area contributed by atoms with E-state index in [1.165, 1.54) is 18.2 Å². The molecule has 20 heavy (non-hydrogen) atoms. The summed E-state index contributed by atoms with van der Waals surface area (Å²) < 4.78 is 28.8. The molecule has 10 heteroatoms. The van der Waals surface area contributed by atoms with E-state index in [1.807, 2.05) is 0 Å². The van der Waals surface area contributed by atoms with Gasteiger partial charge in [0.1, 0.15) is 12.4 Å². The number of anilines is 1. The average Bonchev–Trinajstić information content (AvgIpc) is 2.37. The summed E-state index contributed by atoms with van der Waals surface area (Å²) in [4.78, 5) is 27.6. The lowest BCUT2D eigenvalue weighted by molar-refractivity contribution is -0.123. The number of primary amides is 1. The van der Waals surface area contributed by atoms with Gasteiger partial charge in [-0.15, -0.1) is 0 Å². The highest BCUT2D eigenvalue weighted by Crippen LogP contribution is 2.29. The minimum atomic E-state index is -3.99. The lowest BCUT2D eigenvalue weighted by atomic mass is 10.2. The van der Waals surface area contributed by atoms with E-state index in [0.717, 1.165) is 0 Å². The lowest BCUT2D eigenvalue weighted by Gasteiger charge is -2.18. The largest absolute Gasteiger partial charge is 0.482 e. The summed E-state index contributed by atoms with van der Waals surface area (Å²) in [7, 11) is -3.99. The number of sulfonamides is 1. The minimum Gasteiger partial charge on any atom is -0.482 e. The molecule has 0 bridgehead atoms. The van der Waals surface area contributed by atoms with Crippen molar-refractivity contribution >= 4 is 27.5 Å². The number of carbonyl (C=O) groups excluding carboxylic acids is 2. The summed E-state index contributed by atoms with van der Waals surface area (Å²) in [5.41, 5.74) is 5.04. The van der Waals surface area contributed by atoms with E-state index < -0.39 is 22.5 Å². The van der Waals surface area contributed by atoms with E-state index in [9.17, 15) is 18.0 Å². The van der Waals surface area contributed by atoms with Crippen LogP contribution in [0.3, 0.4) is 0 Å². The molecule has 2 rings (SSSR count). The first-order valence-corrected chi connectivity index (χ1v) is 6.85. The maximum Gasteiger partial charge on any atom is 0.262 e. The quantitative estimate of drug-likeness (QED) is 0.579. The fourth-order valence-electron chi connectivity index (χ4n) is 1.46. The third-order valence-corrected chi connectivity index (χ3v) is 3.49. The number of carbonyl (C=O) groups is 2. The number of hydrogen-bond donors (Lipinski definition) is 3. The Morgan fingerprint density at radius 3 is 2.95 bits per heavy atom. The molecule has 1 aromatic carbocycles. The number of benzene rings is 1. The first-order chi connectivity index (χ1) is 9.38. The molecule has 1 heterocycles. The lowest BCUT2D eigenvalue weighted by Crippen LogP contribution is -2.30. The second-order valence-corrected chi connectivity index (χ2v) is 5.48. The summed E-state index contributed by atoms with van der Waals surface area (Å²) in [6.45, 7) is -0.719. The van der Waals surface area contributed by atoms with Gasteiger partial charge in [-0.05, 0) is 18.2 Å². The Kier molecular flexibility index (Phi) is 3.88. The zero-order valence-corrected chi connectivity index (χ0v) is 10.9. The molecule has 2 amide bonds. The summed E-state index contributed by atoms with van der Waals surface area (Å²) in [6.07, 6.45) is 0. The molecule has 9 nitrogen and oxygen atoms in total. The number of hydrogen-bond acceptors (Lipinski definition) is 6. The third-order valence-electron chi connectivity index (χ3n) is 2.28. The van der Waals surface area contributed by atoms with E-state index in [-0.39, 0.29) is 23.1 Å². The van der Waals surface area contributed by atoms with Crippen molar-refractivity contribution in [3.8, 4) is 5.75 Å². The highest BCUT2D eigenvalue weighted by molar-refractivity contribution is 7.89. The Bertz CT molecular complexity index is 657. The van der Waals surface area contributed by atoms with Gasteiger partial charge in [-0.2, -0.15) is 0 Å². The first kappa shape index (κ1) is 14.2. The molecule has 4 N–H and O–H groups in total. The Morgan fingerprint density at radius 2 is 2.25 bits per heavy atom. The zero-order valence-electron chi connectivity index (χ0n) is 10.1. The molecule has 0 spiro atoms. The predicted octanol–water partition coefficient (Wildman–Crippen LogP) is -1.29. The zero-order chi connectivity index (χ0) is 14.8. The fourth-order valence-corrected chi connectivity index (χ4v) is 2.29. The van der Waals surface area contributed by atoms with Crippen molar-refractivity contribution in [3.05, 3.63) is 18.2 Å². The monoisotopic (exact) mass is 301 g/mol. The van der Waals surface area contributed by atoms with Gasteiger partial charge in [-0.25, -0.2) is 8.42 Å². The van der Waals surface area contributed by atoms with Crippen LogP contribution in [0, 0.1) is 0 Å². The van der Waals surface area contributed by atoms with Crippen LogP contribution in [0.25, 0.3) is 0 Å². The smallest absolute Gasteiger partial charge is 0.262 e. The van der Waals surface area contributed by atoms with E-state index >= 15 is 0 Å². The van der Waals surface area contributed by atoms with E-state index in [1.54, 1.807) is 4.89 Å². The van der Waals surface area contributed by atoms with Gasteiger partial charge in [-0.1, -0.05) is 4.89 Å². The van der Waals surface area contributed by atoms with Gasteiger partial charge in [0.05, 0.1) is 10.6 Å². The highest BCUT2D eigenvalue weighted by atomic mass is 32.2. The molecule has 0 fully saturated rings. The van der Waals surface area contributed by atoms with Gasteiger partial charge in [0.25, 0.3) is 15.9 Å². The number of amides is 2. The molecule has 1 aliphatic rings. The van der Waals surface area contributed by atoms with E-state index in [0.29, 0.717) is 5.75 Å². The number of nitrogens with two attached hydrogens (primary N) is 1. The van der Waals surface area contributed by atoms with Crippen LogP contribution in [0.4, 0.5) is 5.69 Å². The van der Waals surface area contributed by atoms with Crippen LogP contribution in [0.2, 0.25) is 0 Å². The van der Waals surface area contributed by atoms with Crippen LogP contribution in [0.1, 0.15) is 0 Å². The second kappa shape index (κ2) is 5.45. The molecule has 0 atom stereocenters. The van der Waals surface area contributed by atoms with E-state index in [4.69, 9.17) is 10.5 Å². The van der Waals surface area contributed by atoms with Crippen molar-refractivity contribution in [1.82, 2.24) is 4.89 Å². The van der Waals surface area contributed by atoms with E-state index in [2.05, 4.69) is 10.2 Å². The number of ether oxygens (including phenoxy) is 1. The molecule has 0 saturated carbocycles. The molecule has 0 aromatic heterocycles. The van der Waals surface area contributed by atoms with Crippen molar-refractivity contribution in [2.45, 2.75) is 4.90 Å². The molecule has 1 aliphatic heterocycles. The first-order valence-electron chi connectivity index (χ1n) is 5.37. The van der Waals surface area contributed by atoms with Gasteiger partial charge in [0.15, 0.2) is 6.61 Å². The summed E-state index contributed by atoms with van der Waals surface area (Å²) in [5, 5.41) is 2.48. The van der Waals surface area contributed by atoms with Crippen molar-refractivity contribution in [2.24, 2.45) is 5.73 Å². The summed E-state index contributed by atoms with van der Waals surface area (Å²) >= 11 is 0. The normalized spacial score (nSPS) is 14.1. The van der Waals surface area contributed by atoms with Crippen LogP contribution in [-0.4, -0.2) is 33.4 Å². The molecular weight excluding hydrogens is 290 g/mol. The van der Waals surface area contributed by atoms with Crippen LogP contribution in [0.5, 0.6) is 5.75 Å². The van der Waals surface area contributed by atoms with Crippen LogP contribution in [0.15, 0.2) is 23.1 Å². The maximum absolute atomic E-state index is 11.8. The van der Waals surface area contributed by atoms with Crippen LogP contribution in [-0.2, 0) is 24.4 Å². The molecule has 108 valence electrons. The standard InChI is InChI=1S/C10H11N3O6S/c11-9(14)4-19-13-20(16,17)6-1-2-8-7(3-6)12-10(15)5-18-8/h1-3,13H,4-5H2,(H2,11,14)(H,12,15). The van der Waals surface area contributed by atoms with Gasteiger partial charge < -0.3 is 15.8 Å².